The standard InChI is InChI=1S/C16H17N3O3/c20-15(9-5-11-22-14-7-2-1-3-8-14)18-19-16(21)13-6-4-10-17-12-13/h1-4,6-8,10,12H,5,9,11H2,(H,18,20)(H,19,21). The first kappa shape index (κ1) is 15.5. The average molecular weight is 299 g/mol. The van der Waals surface area contributed by atoms with E-state index in [2.05, 4.69) is 15.8 Å². The number of carbonyl (C=O) groups excluding carboxylic acids is 2. The van der Waals surface area contributed by atoms with Crippen molar-refractivity contribution in [2.24, 2.45) is 0 Å². The largest absolute Gasteiger partial charge is 0.494 e. The molecule has 2 rings (SSSR count). The second-order valence-corrected chi connectivity index (χ2v) is 4.51. The second kappa shape index (κ2) is 8.41. The lowest BCUT2D eigenvalue weighted by Crippen LogP contribution is -2.41. The molecular formula is C16H17N3O3. The number of carbonyl (C=O) groups is 2. The van der Waals surface area contributed by atoms with Crippen molar-refractivity contribution in [3.05, 3.63) is 60.4 Å². The Hall–Kier alpha value is -2.89. The molecule has 0 aliphatic carbocycles. The minimum Gasteiger partial charge on any atom is -0.494 e. The van der Waals surface area contributed by atoms with E-state index in [0.717, 1.165) is 5.75 Å². The van der Waals surface area contributed by atoms with Gasteiger partial charge >= 0.3 is 0 Å². The molecule has 0 atom stereocenters. The highest BCUT2D eigenvalue weighted by molar-refractivity contribution is 5.94. The van der Waals surface area contributed by atoms with Gasteiger partial charge in [-0.05, 0) is 30.7 Å². The van der Waals surface area contributed by atoms with Gasteiger partial charge in [0.05, 0.1) is 12.2 Å². The van der Waals surface area contributed by atoms with Crippen LogP contribution in [-0.2, 0) is 4.79 Å². The third kappa shape index (κ3) is 5.24. The number of hydrogen-bond acceptors (Lipinski definition) is 4. The van der Waals surface area contributed by atoms with Gasteiger partial charge in [0, 0.05) is 18.8 Å². The minimum absolute atomic E-state index is 0.264. The molecule has 6 nitrogen and oxygen atoms in total. The lowest BCUT2D eigenvalue weighted by Gasteiger charge is -2.08. The summed E-state index contributed by atoms with van der Waals surface area (Å²) in [6.07, 6.45) is 3.82. The van der Waals surface area contributed by atoms with Gasteiger partial charge in [0.15, 0.2) is 0 Å². The molecule has 6 heteroatoms. The van der Waals surface area contributed by atoms with E-state index in [1.165, 1.54) is 6.20 Å². The van der Waals surface area contributed by atoms with Gasteiger partial charge in [-0.1, -0.05) is 18.2 Å². The van der Waals surface area contributed by atoms with Crippen LogP contribution in [0.3, 0.4) is 0 Å². The van der Waals surface area contributed by atoms with Crippen molar-refractivity contribution in [2.45, 2.75) is 12.8 Å². The number of para-hydroxylation sites is 1. The molecule has 114 valence electrons. The quantitative estimate of drug-likeness (QED) is 0.628. The van der Waals surface area contributed by atoms with E-state index < -0.39 is 5.91 Å². The van der Waals surface area contributed by atoms with Crippen molar-refractivity contribution >= 4 is 11.8 Å². The van der Waals surface area contributed by atoms with Crippen molar-refractivity contribution in [1.29, 1.82) is 0 Å². The fourth-order valence-electron chi connectivity index (χ4n) is 1.70. The van der Waals surface area contributed by atoms with Crippen LogP contribution in [0.5, 0.6) is 5.75 Å². The molecule has 0 aliphatic heterocycles. The van der Waals surface area contributed by atoms with Crippen molar-refractivity contribution in [3.8, 4) is 5.75 Å². The number of hydrazine groups is 1. The molecule has 22 heavy (non-hydrogen) atoms. The van der Waals surface area contributed by atoms with Crippen molar-refractivity contribution in [2.75, 3.05) is 6.61 Å². The molecule has 0 saturated carbocycles. The second-order valence-electron chi connectivity index (χ2n) is 4.51. The highest BCUT2D eigenvalue weighted by Gasteiger charge is 2.06. The average Bonchev–Trinajstić information content (AvgIpc) is 2.58. The molecule has 2 amide bonds. The third-order valence-electron chi connectivity index (χ3n) is 2.80. The number of amides is 2. The smallest absolute Gasteiger partial charge is 0.271 e. The molecule has 1 heterocycles. The van der Waals surface area contributed by atoms with E-state index in [0.29, 0.717) is 18.6 Å². The van der Waals surface area contributed by atoms with Gasteiger partial charge in [0.2, 0.25) is 5.91 Å². The molecule has 0 aliphatic rings. The summed E-state index contributed by atoms with van der Waals surface area (Å²) in [6.45, 7) is 0.438. The Bertz CT molecular complexity index is 603. The van der Waals surface area contributed by atoms with Crippen LogP contribution in [-0.4, -0.2) is 23.4 Å². The zero-order chi connectivity index (χ0) is 15.6. The van der Waals surface area contributed by atoms with Crippen LogP contribution >= 0.6 is 0 Å². The van der Waals surface area contributed by atoms with E-state index in [1.54, 1.807) is 18.3 Å². The molecule has 0 bridgehead atoms. The number of nitrogens with one attached hydrogen (secondary N) is 2. The van der Waals surface area contributed by atoms with E-state index in [1.807, 2.05) is 30.3 Å². The number of aromatic nitrogens is 1. The summed E-state index contributed by atoms with van der Waals surface area (Å²) in [6, 6.07) is 12.7. The summed E-state index contributed by atoms with van der Waals surface area (Å²) in [7, 11) is 0. The summed E-state index contributed by atoms with van der Waals surface area (Å²) in [5.41, 5.74) is 5.08. The first-order valence-electron chi connectivity index (χ1n) is 6.93. The Morgan fingerprint density at radius 3 is 2.59 bits per heavy atom. The lowest BCUT2D eigenvalue weighted by atomic mass is 10.3. The van der Waals surface area contributed by atoms with Gasteiger partial charge in [-0.3, -0.25) is 25.4 Å². The maximum absolute atomic E-state index is 11.7. The first-order valence-corrected chi connectivity index (χ1v) is 6.93. The van der Waals surface area contributed by atoms with Crippen LogP contribution in [0.2, 0.25) is 0 Å². The van der Waals surface area contributed by atoms with E-state index in [-0.39, 0.29) is 12.3 Å². The van der Waals surface area contributed by atoms with Crippen LogP contribution in [0.1, 0.15) is 23.2 Å². The maximum atomic E-state index is 11.7. The van der Waals surface area contributed by atoms with Crippen LogP contribution in [0, 0.1) is 0 Å². The highest BCUT2D eigenvalue weighted by Crippen LogP contribution is 2.08. The number of pyridine rings is 1. The molecule has 1 aromatic heterocycles. The molecular weight excluding hydrogens is 282 g/mol. The number of nitrogens with zero attached hydrogens (tertiary/aromatic N) is 1. The van der Waals surface area contributed by atoms with Gasteiger partial charge in [0.1, 0.15) is 5.75 Å². The summed E-state index contributed by atoms with van der Waals surface area (Å²) in [5.74, 6) is 0.101. The molecule has 1 aromatic carbocycles. The van der Waals surface area contributed by atoms with Crippen LogP contribution < -0.4 is 15.6 Å². The summed E-state index contributed by atoms with van der Waals surface area (Å²) < 4.78 is 5.48. The zero-order valence-electron chi connectivity index (χ0n) is 12.0. The Balaban J connectivity index is 1.61. The number of hydrogen-bond donors (Lipinski definition) is 2. The van der Waals surface area contributed by atoms with E-state index in [9.17, 15) is 9.59 Å². The summed E-state index contributed by atoms with van der Waals surface area (Å²) in [4.78, 5) is 27.1. The number of benzene rings is 1. The minimum atomic E-state index is -0.401. The fourth-order valence-corrected chi connectivity index (χ4v) is 1.70. The van der Waals surface area contributed by atoms with Crippen LogP contribution in [0.4, 0.5) is 0 Å². The molecule has 0 radical (unpaired) electrons. The normalized spacial score (nSPS) is 9.82. The third-order valence-corrected chi connectivity index (χ3v) is 2.80. The predicted octanol–water partition coefficient (Wildman–Crippen LogP) is 1.70. The van der Waals surface area contributed by atoms with Crippen LogP contribution in [0.25, 0.3) is 0 Å². The van der Waals surface area contributed by atoms with Gasteiger partial charge in [-0.15, -0.1) is 0 Å². The fraction of sp³-hybridized carbons (Fsp3) is 0.188. The Morgan fingerprint density at radius 2 is 1.86 bits per heavy atom. The SMILES string of the molecule is O=C(CCCOc1ccccc1)NNC(=O)c1cccnc1. The predicted molar refractivity (Wildman–Crippen MR) is 81.0 cm³/mol. The number of rotatable bonds is 6. The molecule has 2 N–H and O–H groups in total. The van der Waals surface area contributed by atoms with Crippen LogP contribution in [0.15, 0.2) is 54.9 Å². The van der Waals surface area contributed by atoms with Crippen molar-refractivity contribution in [3.63, 3.8) is 0 Å². The molecule has 2 aromatic rings. The lowest BCUT2D eigenvalue weighted by molar-refractivity contribution is -0.122. The van der Waals surface area contributed by atoms with Gasteiger partial charge in [-0.25, -0.2) is 0 Å². The van der Waals surface area contributed by atoms with Gasteiger partial charge < -0.3 is 4.74 Å². The van der Waals surface area contributed by atoms with Gasteiger partial charge in [-0.2, -0.15) is 0 Å². The van der Waals surface area contributed by atoms with Crippen molar-refractivity contribution < 1.29 is 14.3 Å². The molecule has 0 spiro atoms. The summed E-state index contributed by atoms with van der Waals surface area (Å²) in [5, 5.41) is 0. The van der Waals surface area contributed by atoms with E-state index in [4.69, 9.17) is 4.74 Å². The Morgan fingerprint density at radius 1 is 1.05 bits per heavy atom. The Labute approximate surface area is 128 Å². The number of ether oxygens (including phenoxy) is 1. The first-order chi connectivity index (χ1) is 10.8. The molecule has 0 saturated heterocycles. The van der Waals surface area contributed by atoms with E-state index >= 15 is 0 Å². The highest BCUT2D eigenvalue weighted by atomic mass is 16.5. The zero-order valence-corrected chi connectivity index (χ0v) is 12.0. The molecule has 0 unspecified atom stereocenters. The maximum Gasteiger partial charge on any atom is 0.271 e. The summed E-state index contributed by atoms with van der Waals surface area (Å²) >= 11 is 0. The topological polar surface area (TPSA) is 80.3 Å². The molecule has 0 fully saturated rings. The monoisotopic (exact) mass is 299 g/mol. The van der Waals surface area contributed by atoms with Crippen molar-refractivity contribution in [1.82, 2.24) is 15.8 Å². The van der Waals surface area contributed by atoms with Gasteiger partial charge in [0.25, 0.3) is 5.91 Å². The Kier molecular flexibility index (Phi) is 5.92.